The molecule has 26 heavy (non-hydrogen) atoms. The van der Waals surface area contributed by atoms with Crippen LogP contribution in [0.15, 0.2) is 35.2 Å². The standard InChI is InChI=1S/C17H19N7O2/c1-11-15(21-23-24(11)14-6-8-18-9-7-14)17(25)20-13-4-2-12(3-5-13)16-19-10-26-22-16/h2-5,10,14,18H,6-9H2,1H3,(H,20,25). The van der Waals surface area contributed by atoms with Gasteiger partial charge in [0.15, 0.2) is 5.69 Å². The first kappa shape index (κ1) is 16.4. The minimum Gasteiger partial charge on any atom is -0.342 e. The number of amides is 1. The molecule has 2 aromatic heterocycles. The summed E-state index contributed by atoms with van der Waals surface area (Å²) >= 11 is 0. The second-order valence-electron chi connectivity index (χ2n) is 6.24. The van der Waals surface area contributed by atoms with E-state index in [0.29, 0.717) is 23.2 Å². The molecular formula is C17H19N7O2. The van der Waals surface area contributed by atoms with E-state index in [1.54, 1.807) is 12.1 Å². The van der Waals surface area contributed by atoms with Gasteiger partial charge >= 0.3 is 0 Å². The summed E-state index contributed by atoms with van der Waals surface area (Å²) in [6.07, 6.45) is 3.26. The number of piperidine rings is 1. The molecular weight excluding hydrogens is 334 g/mol. The topological polar surface area (TPSA) is 111 Å². The van der Waals surface area contributed by atoms with Crippen LogP contribution in [0.1, 0.15) is 35.1 Å². The van der Waals surface area contributed by atoms with Gasteiger partial charge < -0.3 is 15.2 Å². The van der Waals surface area contributed by atoms with Gasteiger partial charge in [0.1, 0.15) is 0 Å². The van der Waals surface area contributed by atoms with Crippen molar-refractivity contribution < 1.29 is 9.32 Å². The van der Waals surface area contributed by atoms with Crippen LogP contribution in [0.3, 0.4) is 0 Å². The molecule has 3 heterocycles. The largest absolute Gasteiger partial charge is 0.342 e. The molecule has 0 bridgehead atoms. The van der Waals surface area contributed by atoms with Crippen LogP contribution in [-0.2, 0) is 0 Å². The lowest BCUT2D eigenvalue weighted by molar-refractivity contribution is 0.102. The molecule has 9 nitrogen and oxygen atoms in total. The zero-order valence-corrected chi connectivity index (χ0v) is 14.3. The molecule has 0 unspecified atom stereocenters. The maximum Gasteiger partial charge on any atom is 0.278 e. The lowest BCUT2D eigenvalue weighted by Gasteiger charge is -2.23. The Morgan fingerprint density at radius 1 is 1.27 bits per heavy atom. The van der Waals surface area contributed by atoms with Crippen LogP contribution in [0.25, 0.3) is 11.4 Å². The van der Waals surface area contributed by atoms with Gasteiger partial charge in [-0.05, 0) is 57.1 Å². The lowest BCUT2D eigenvalue weighted by atomic mass is 10.1. The number of hydrogen-bond donors (Lipinski definition) is 2. The molecule has 0 aliphatic carbocycles. The van der Waals surface area contributed by atoms with E-state index in [0.717, 1.165) is 37.2 Å². The van der Waals surface area contributed by atoms with Crippen LogP contribution >= 0.6 is 0 Å². The molecule has 0 spiro atoms. The fraction of sp³-hybridized carbons (Fsp3) is 0.353. The number of aromatic nitrogens is 5. The summed E-state index contributed by atoms with van der Waals surface area (Å²) in [7, 11) is 0. The molecule has 1 fully saturated rings. The number of nitrogens with zero attached hydrogens (tertiary/aromatic N) is 5. The first-order valence-corrected chi connectivity index (χ1v) is 8.53. The van der Waals surface area contributed by atoms with Crippen molar-refractivity contribution in [3.05, 3.63) is 42.0 Å². The summed E-state index contributed by atoms with van der Waals surface area (Å²) in [5, 5.41) is 18.3. The first-order chi connectivity index (χ1) is 12.7. The van der Waals surface area contributed by atoms with E-state index < -0.39 is 0 Å². The van der Waals surface area contributed by atoms with E-state index in [9.17, 15) is 4.79 Å². The highest BCUT2D eigenvalue weighted by atomic mass is 16.5. The number of carbonyl (C=O) groups is 1. The lowest BCUT2D eigenvalue weighted by Crippen LogP contribution is -2.30. The molecule has 1 amide bonds. The second-order valence-corrected chi connectivity index (χ2v) is 6.24. The van der Waals surface area contributed by atoms with Crippen molar-refractivity contribution in [1.29, 1.82) is 0 Å². The summed E-state index contributed by atoms with van der Waals surface area (Å²) in [4.78, 5) is 16.6. The highest BCUT2D eigenvalue weighted by Crippen LogP contribution is 2.21. The Bertz CT molecular complexity index is 880. The van der Waals surface area contributed by atoms with Crippen LogP contribution in [0, 0.1) is 6.92 Å². The van der Waals surface area contributed by atoms with Crippen molar-refractivity contribution in [1.82, 2.24) is 30.5 Å². The molecule has 3 aromatic rings. The van der Waals surface area contributed by atoms with Crippen molar-refractivity contribution in [2.45, 2.75) is 25.8 Å². The Morgan fingerprint density at radius 2 is 2.04 bits per heavy atom. The van der Waals surface area contributed by atoms with E-state index in [2.05, 4.69) is 31.1 Å². The highest BCUT2D eigenvalue weighted by molar-refractivity contribution is 6.03. The summed E-state index contributed by atoms with van der Waals surface area (Å²) in [5.41, 5.74) is 2.62. The SMILES string of the molecule is Cc1c(C(=O)Nc2ccc(-c3ncon3)cc2)nnn1C1CCNCC1. The maximum absolute atomic E-state index is 12.6. The van der Waals surface area contributed by atoms with Gasteiger partial charge in [0.05, 0.1) is 11.7 Å². The first-order valence-electron chi connectivity index (χ1n) is 8.53. The molecule has 1 aliphatic heterocycles. The second kappa shape index (κ2) is 7.04. The Kier molecular flexibility index (Phi) is 4.44. The summed E-state index contributed by atoms with van der Waals surface area (Å²) in [6, 6.07) is 7.50. The van der Waals surface area contributed by atoms with Crippen LogP contribution in [0.2, 0.25) is 0 Å². The monoisotopic (exact) mass is 353 g/mol. The van der Waals surface area contributed by atoms with Crippen molar-refractivity contribution in [3.8, 4) is 11.4 Å². The van der Waals surface area contributed by atoms with Crippen LogP contribution in [0.4, 0.5) is 5.69 Å². The average Bonchev–Trinajstić information content (AvgIpc) is 3.33. The van der Waals surface area contributed by atoms with Crippen molar-refractivity contribution >= 4 is 11.6 Å². The van der Waals surface area contributed by atoms with Crippen LogP contribution in [0.5, 0.6) is 0 Å². The molecule has 134 valence electrons. The number of rotatable bonds is 4. The fourth-order valence-electron chi connectivity index (χ4n) is 3.14. The van der Waals surface area contributed by atoms with E-state index in [-0.39, 0.29) is 5.91 Å². The predicted molar refractivity (Wildman–Crippen MR) is 93.6 cm³/mol. The molecule has 1 aromatic carbocycles. The van der Waals surface area contributed by atoms with Gasteiger partial charge in [0, 0.05) is 11.3 Å². The molecule has 1 aliphatic rings. The van der Waals surface area contributed by atoms with Gasteiger partial charge in [-0.25, -0.2) is 4.68 Å². The quantitative estimate of drug-likeness (QED) is 0.736. The molecule has 0 saturated carbocycles. The van der Waals surface area contributed by atoms with Gasteiger partial charge in [0.2, 0.25) is 12.2 Å². The summed E-state index contributed by atoms with van der Waals surface area (Å²) in [5.74, 6) is 0.235. The Balaban J connectivity index is 1.47. The van der Waals surface area contributed by atoms with Crippen molar-refractivity contribution in [3.63, 3.8) is 0 Å². The minimum absolute atomic E-state index is 0.269. The third-order valence-corrected chi connectivity index (χ3v) is 4.56. The normalized spacial score (nSPS) is 15.1. The third-order valence-electron chi connectivity index (χ3n) is 4.56. The van der Waals surface area contributed by atoms with E-state index in [1.807, 2.05) is 23.7 Å². The van der Waals surface area contributed by atoms with Crippen molar-refractivity contribution in [2.24, 2.45) is 0 Å². The summed E-state index contributed by atoms with van der Waals surface area (Å²) < 4.78 is 6.60. The van der Waals surface area contributed by atoms with E-state index in [4.69, 9.17) is 4.52 Å². The van der Waals surface area contributed by atoms with Crippen LogP contribution in [-0.4, -0.2) is 44.1 Å². The number of hydrogen-bond acceptors (Lipinski definition) is 7. The minimum atomic E-state index is -0.269. The van der Waals surface area contributed by atoms with Gasteiger partial charge in [-0.15, -0.1) is 5.10 Å². The maximum atomic E-state index is 12.6. The number of carbonyl (C=O) groups excluding carboxylic acids is 1. The number of nitrogens with one attached hydrogen (secondary N) is 2. The third kappa shape index (κ3) is 3.21. The van der Waals surface area contributed by atoms with Gasteiger partial charge in [0.25, 0.3) is 5.91 Å². The molecule has 0 atom stereocenters. The molecule has 0 radical (unpaired) electrons. The smallest absolute Gasteiger partial charge is 0.278 e. The summed E-state index contributed by atoms with van der Waals surface area (Å²) in [6.45, 7) is 3.80. The van der Waals surface area contributed by atoms with Crippen LogP contribution < -0.4 is 10.6 Å². The van der Waals surface area contributed by atoms with Gasteiger partial charge in [-0.1, -0.05) is 10.4 Å². The Morgan fingerprint density at radius 3 is 2.73 bits per heavy atom. The van der Waals surface area contributed by atoms with Crippen molar-refractivity contribution in [2.75, 3.05) is 18.4 Å². The molecule has 1 saturated heterocycles. The highest BCUT2D eigenvalue weighted by Gasteiger charge is 2.23. The molecule has 4 rings (SSSR count). The van der Waals surface area contributed by atoms with E-state index >= 15 is 0 Å². The molecule has 2 N–H and O–H groups in total. The zero-order valence-electron chi connectivity index (χ0n) is 14.3. The predicted octanol–water partition coefficient (Wildman–Crippen LogP) is 1.81. The zero-order chi connectivity index (χ0) is 17.9. The Hall–Kier alpha value is -3.07. The van der Waals surface area contributed by atoms with E-state index in [1.165, 1.54) is 6.39 Å². The Labute approximate surface area is 149 Å². The fourth-order valence-corrected chi connectivity index (χ4v) is 3.14. The number of benzene rings is 1. The number of anilines is 1. The molecule has 9 heteroatoms. The van der Waals surface area contributed by atoms with Gasteiger partial charge in [-0.3, -0.25) is 4.79 Å². The average molecular weight is 353 g/mol. The van der Waals surface area contributed by atoms with Gasteiger partial charge in [-0.2, -0.15) is 4.98 Å².